The minimum atomic E-state index is -0.317. The van der Waals surface area contributed by atoms with E-state index in [1.807, 2.05) is 18.9 Å². The fraction of sp³-hybridized carbons (Fsp3) is 0.900. The topological polar surface area (TPSA) is 72.3 Å². The molecule has 0 heterocycles. The molecule has 0 saturated carbocycles. The van der Waals surface area contributed by atoms with E-state index in [-0.39, 0.29) is 30.0 Å². The molecule has 4 N–H and O–H groups in total. The average Bonchev–Trinajstić information content (AvgIpc) is 1.78. The molecule has 0 bridgehead atoms. The molecule has 0 spiro atoms. The Hall–Kier alpha value is -0.610. The van der Waals surface area contributed by atoms with Crippen LogP contribution in [-0.2, 0) is 4.79 Å². The zero-order valence-corrected chi connectivity index (χ0v) is 9.87. The van der Waals surface area contributed by atoms with E-state index >= 15 is 0 Å². The largest absolute Gasteiger partial charge is 0.369 e. The Morgan fingerprint density at radius 2 is 1.86 bits per heavy atom. The predicted molar refractivity (Wildman–Crippen MR) is 58.7 cm³/mol. The summed E-state index contributed by atoms with van der Waals surface area (Å²) in [6.45, 7) is 8.53. The van der Waals surface area contributed by atoms with Crippen LogP contribution in [0.4, 0.5) is 0 Å². The fourth-order valence-corrected chi connectivity index (χ4v) is 2.20. The van der Waals surface area contributed by atoms with Crippen LogP contribution < -0.4 is 11.5 Å². The van der Waals surface area contributed by atoms with E-state index in [9.17, 15) is 4.79 Å². The lowest BCUT2D eigenvalue weighted by Gasteiger charge is -2.40. The molecule has 0 rings (SSSR count). The van der Waals surface area contributed by atoms with Crippen molar-refractivity contribution >= 4 is 5.91 Å². The molecule has 0 radical (unpaired) electrons. The molecular weight excluding hydrogens is 178 g/mol. The molecule has 1 amide bonds. The van der Waals surface area contributed by atoms with E-state index in [1.165, 1.54) is 0 Å². The molecule has 2 unspecified atom stereocenters. The van der Waals surface area contributed by atoms with Gasteiger partial charge in [-0.25, -0.2) is 0 Å². The van der Waals surface area contributed by atoms with E-state index in [0.29, 0.717) is 0 Å². The van der Waals surface area contributed by atoms with Crippen molar-refractivity contribution in [1.82, 2.24) is 4.90 Å². The summed E-state index contributed by atoms with van der Waals surface area (Å²) in [5, 5.41) is 0. The van der Waals surface area contributed by atoms with Crippen LogP contribution in [0, 0.1) is 5.41 Å². The van der Waals surface area contributed by atoms with Gasteiger partial charge in [0, 0.05) is 12.1 Å². The van der Waals surface area contributed by atoms with Crippen LogP contribution in [0.3, 0.4) is 0 Å². The highest BCUT2D eigenvalue weighted by atomic mass is 16.1. The molecule has 0 aliphatic rings. The molecular formula is C10H23N3O. The fourth-order valence-electron chi connectivity index (χ4n) is 2.20. The van der Waals surface area contributed by atoms with Crippen LogP contribution in [0.25, 0.3) is 0 Å². The Bertz CT molecular complexity index is 196. The van der Waals surface area contributed by atoms with Crippen LogP contribution in [0.15, 0.2) is 0 Å². The van der Waals surface area contributed by atoms with Crippen LogP contribution in [-0.4, -0.2) is 36.5 Å². The van der Waals surface area contributed by atoms with Gasteiger partial charge in [-0.05, 0) is 19.4 Å². The van der Waals surface area contributed by atoms with Crippen LogP contribution in [0.1, 0.15) is 27.7 Å². The lowest BCUT2D eigenvalue weighted by molar-refractivity contribution is -0.119. The summed E-state index contributed by atoms with van der Waals surface area (Å²) >= 11 is 0. The van der Waals surface area contributed by atoms with E-state index in [2.05, 4.69) is 20.8 Å². The normalized spacial score (nSPS) is 16.8. The van der Waals surface area contributed by atoms with Gasteiger partial charge in [0.25, 0.3) is 0 Å². The van der Waals surface area contributed by atoms with E-state index < -0.39 is 0 Å². The predicted octanol–water partition coefficient (Wildman–Crippen LogP) is 0.165. The first-order valence-corrected chi connectivity index (χ1v) is 4.90. The average molecular weight is 201 g/mol. The van der Waals surface area contributed by atoms with Gasteiger partial charge in [0.2, 0.25) is 5.91 Å². The number of hydrogen-bond donors (Lipinski definition) is 2. The van der Waals surface area contributed by atoms with Gasteiger partial charge in [-0.1, -0.05) is 20.8 Å². The highest BCUT2D eigenvalue weighted by Gasteiger charge is 2.31. The summed E-state index contributed by atoms with van der Waals surface area (Å²) in [4.78, 5) is 12.7. The second-order valence-electron chi connectivity index (χ2n) is 5.05. The third-order valence-corrected chi connectivity index (χ3v) is 2.27. The Labute approximate surface area is 86.6 Å². The van der Waals surface area contributed by atoms with Gasteiger partial charge >= 0.3 is 0 Å². The third kappa shape index (κ3) is 4.07. The minimum absolute atomic E-state index is 0.0133. The van der Waals surface area contributed by atoms with Gasteiger partial charge < -0.3 is 11.5 Å². The highest BCUT2D eigenvalue weighted by molar-refractivity contribution is 5.75. The molecule has 4 nitrogen and oxygen atoms in total. The number of hydrogen-bond acceptors (Lipinski definition) is 3. The van der Waals surface area contributed by atoms with Crippen molar-refractivity contribution in [2.75, 3.05) is 13.6 Å². The first-order chi connectivity index (χ1) is 6.16. The second-order valence-corrected chi connectivity index (χ2v) is 5.05. The Morgan fingerprint density at radius 3 is 2.07 bits per heavy atom. The smallest absolute Gasteiger partial charge is 0.231 e. The van der Waals surface area contributed by atoms with Crippen molar-refractivity contribution in [2.45, 2.75) is 39.8 Å². The lowest BCUT2D eigenvalue weighted by Crippen LogP contribution is -2.53. The number of likely N-dealkylation sites (N-methyl/N-ethyl adjacent to an activating group) is 1. The number of primary amides is 1. The van der Waals surface area contributed by atoms with Crippen molar-refractivity contribution in [3.05, 3.63) is 0 Å². The molecule has 0 saturated heterocycles. The third-order valence-electron chi connectivity index (χ3n) is 2.27. The minimum Gasteiger partial charge on any atom is -0.369 e. The number of nitrogens with two attached hydrogens (primary N) is 2. The Balaban J connectivity index is 4.58. The molecule has 0 fully saturated rings. The molecule has 0 aromatic rings. The first-order valence-electron chi connectivity index (χ1n) is 4.90. The number of nitrogens with zero attached hydrogens (tertiary/aromatic N) is 1. The summed E-state index contributed by atoms with van der Waals surface area (Å²) in [6, 6.07) is 0.161. The zero-order chi connectivity index (χ0) is 11.5. The van der Waals surface area contributed by atoms with Crippen LogP contribution >= 0.6 is 0 Å². The van der Waals surface area contributed by atoms with E-state index in [1.54, 1.807) is 0 Å². The summed E-state index contributed by atoms with van der Waals surface area (Å²) in [5.74, 6) is -0.317. The maximum atomic E-state index is 10.8. The summed E-state index contributed by atoms with van der Waals surface area (Å²) < 4.78 is 0. The molecule has 0 aliphatic carbocycles. The molecule has 14 heavy (non-hydrogen) atoms. The van der Waals surface area contributed by atoms with Crippen LogP contribution in [0.5, 0.6) is 0 Å². The van der Waals surface area contributed by atoms with Gasteiger partial charge in [-0.2, -0.15) is 0 Å². The van der Waals surface area contributed by atoms with Gasteiger partial charge in [0.15, 0.2) is 0 Å². The van der Waals surface area contributed by atoms with E-state index in [0.717, 1.165) is 0 Å². The van der Waals surface area contributed by atoms with Crippen molar-refractivity contribution in [2.24, 2.45) is 16.9 Å². The zero-order valence-electron chi connectivity index (χ0n) is 9.87. The number of rotatable bonds is 4. The first kappa shape index (κ1) is 13.4. The van der Waals surface area contributed by atoms with Crippen molar-refractivity contribution in [3.63, 3.8) is 0 Å². The van der Waals surface area contributed by atoms with Crippen LogP contribution in [0.2, 0.25) is 0 Å². The second kappa shape index (κ2) is 4.75. The maximum absolute atomic E-state index is 10.8. The van der Waals surface area contributed by atoms with Crippen molar-refractivity contribution < 1.29 is 4.79 Å². The molecule has 84 valence electrons. The Morgan fingerprint density at radius 1 is 1.43 bits per heavy atom. The number of carbonyl (C=O) groups excluding carboxylic acids is 1. The van der Waals surface area contributed by atoms with Gasteiger partial charge in [0.05, 0.1) is 6.54 Å². The molecule has 0 aliphatic heterocycles. The molecule has 2 atom stereocenters. The molecule has 0 aromatic carbocycles. The quantitative estimate of drug-likeness (QED) is 0.681. The van der Waals surface area contributed by atoms with Crippen molar-refractivity contribution in [1.29, 1.82) is 0 Å². The summed E-state index contributed by atoms with van der Waals surface area (Å²) in [7, 11) is 1.88. The number of amides is 1. The summed E-state index contributed by atoms with van der Waals surface area (Å²) in [6.07, 6.45) is 0. The molecule has 4 heteroatoms. The maximum Gasteiger partial charge on any atom is 0.231 e. The highest BCUT2D eigenvalue weighted by Crippen LogP contribution is 2.25. The van der Waals surface area contributed by atoms with Crippen molar-refractivity contribution in [3.8, 4) is 0 Å². The monoisotopic (exact) mass is 201 g/mol. The van der Waals surface area contributed by atoms with Gasteiger partial charge in [-0.3, -0.25) is 9.69 Å². The van der Waals surface area contributed by atoms with Gasteiger partial charge in [-0.15, -0.1) is 0 Å². The molecule has 0 aromatic heterocycles. The SMILES string of the molecule is CC(N)C(N(C)CC(N)=O)C(C)(C)C. The number of carbonyl (C=O) groups is 1. The lowest BCUT2D eigenvalue weighted by atomic mass is 9.82. The summed E-state index contributed by atoms with van der Waals surface area (Å²) in [5.41, 5.74) is 11.1. The van der Waals surface area contributed by atoms with E-state index in [4.69, 9.17) is 11.5 Å². The van der Waals surface area contributed by atoms with Gasteiger partial charge in [0.1, 0.15) is 0 Å². The standard InChI is InChI=1S/C10H23N3O/c1-7(11)9(10(2,3)4)13(5)6-8(12)14/h7,9H,6,11H2,1-5H3,(H2,12,14). The Kier molecular flexibility index (Phi) is 4.55.